The van der Waals surface area contributed by atoms with E-state index in [4.69, 9.17) is 0 Å². The van der Waals surface area contributed by atoms with Crippen molar-refractivity contribution in [2.24, 2.45) is 5.92 Å². The summed E-state index contributed by atoms with van der Waals surface area (Å²) in [4.78, 5) is 0. The third-order valence-corrected chi connectivity index (χ3v) is 5.18. The van der Waals surface area contributed by atoms with E-state index in [0.717, 1.165) is 25.8 Å². The molecule has 0 atom stereocenters. The fourth-order valence-electron chi connectivity index (χ4n) is 2.36. The second-order valence-electron chi connectivity index (χ2n) is 5.79. The van der Waals surface area contributed by atoms with Gasteiger partial charge in [0.1, 0.15) is 0 Å². The Morgan fingerprint density at radius 1 is 1.26 bits per heavy atom. The molecule has 1 fully saturated rings. The van der Waals surface area contributed by atoms with Gasteiger partial charge in [0.05, 0.1) is 0 Å². The van der Waals surface area contributed by atoms with Gasteiger partial charge in [0.2, 0.25) is 0 Å². The summed E-state index contributed by atoms with van der Waals surface area (Å²) in [5.41, 5.74) is 0. The Kier molecular flexibility index (Phi) is 7.28. The molecule has 2 N–H and O–H groups in total. The van der Waals surface area contributed by atoms with Gasteiger partial charge in [0.15, 0.2) is 0 Å². The van der Waals surface area contributed by atoms with E-state index in [-0.39, 0.29) is 0 Å². The predicted molar refractivity (Wildman–Crippen MR) is 79.3 cm³/mol. The van der Waals surface area contributed by atoms with Gasteiger partial charge in [-0.2, -0.15) is 12.7 Å². The summed E-state index contributed by atoms with van der Waals surface area (Å²) >= 11 is 0. The molecular formula is C13H29N3O2S. The molecule has 6 heteroatoms. The molecule has 0 radical (unpaired) electrons. The quantitative estimate of drug-likeness (QED) is 0.630. The first-order valence-electron chi connectivity index (χ1n) is 7.36. The van der Waals surface area contributed by atoms with Gasteiger partial charge in [-0.1, -0.05) is 26.7 Å². The number of nitrogens with zero attached hydrogens (tertiary/aromatic N) is 1. The van der Waals surface area contributed by atoms with Crippen LogP contribution < -0.4 is 10.0 Å². The number of nitrogens with one attached hydrogen (secondary N) is 2. The molecular weight excluding hydrogens is 262 g/mol. The van der Waals surface area contributed by atoms with Crippen molar-refractivity contribution in [2.75, 3.05) is 26.7 Å². The molecule has 0 aromatic heterocycles. The standard InChI is InChI=1S/C13H29N3O2S/c1-12(2)14-9-6-10-16(3)19(17,18)15-11-13-7-4-5-8-13/h12-15H,4-11H2,1-3H3. The smallest absolute Gasteiger partial charge is 0.279 e. The van der Waals surface area contributed by atoms with Gasteiger partial charge < -0.3 is 5.32 Å². The van der Waals surface area contributed by atoms with Gasteiger partial charge in [-0.15, -0.1) is 0 Å². The first kappa shape index (κ1) is 16.9. The zero-order chi connectivity index (χ0) is 14.3. The van der Waals surface area contributed by atoms with Crippen molar-refractivity contribution in [3.63, 3.8) is 0 Å². The van der Waals surface area contributed by atoms with Gasteiger partial charge in [0, 0.05) is 26.2 Å². The summed E-state index contributed by atoms with van der Waals surface area (Å²) in [6.07, 6.45) is 5.63. The minimum absolute atomic E-state index is 0.447. The highest BCUT2D eigenvalue weighted by molar-refractivity contribution is 7.87. The van der Waals surface area contributed by atoms with Crippen molar-refractivity contribution in [1.82, 2.24) is 14.3 Å². The normalized spacial score (nSPS) is 17.7. The van der Waals surface area contributed by atoms with Crippen molar-refractivity contribution >= 4 is 10.2 Å². The number of hydrogen-bond donors (Lipinski definition) is 2. The molecule has 0 bridgehead atoms. The number of rotatable bonds is 9. The van der Waals surface area contributed by atoms with E-state index >= 15 is 0 Å². The van der Waals surface area contributed by atoms with E-state index in [2.05, 4.69) is 23.9 Å². The molecule has 0 aromatic rings. The lowest BCUT2D eigenvalue weighted by atomic mass is 10.1. The van der Waals surface area contributed by atoms with E-state index in [1.165, 1.54) is 17.1 Å². The van der Waals surface area contributed by atoms with Crippen molar-refractivity contribution < 1.29 is 8.42 Å². The predicted octanol–water partition coefficient (Wildman–Crippen LogP) is 1.33. The van der Waals surface area contributed by atoms with Crippen LogP contribution in [0.25, 0.3) is 0 Å². The SMILES string of the molecule is CC(C)NCCCN(C)S(=O)(=O)NCC1CCCC1. The van der Waals surface area contributed by atoms with Gasteiger partial charge in [-0.25, -0.2) is 4.72 Å². The first-order chi connectivity index (χ1) is 8.92. The average molecular weight is 291 g/mol. The molecule has 0 heterocycles. The van der Waals surface area contributed by atoms with Crippen LogP contribution in [0.1, 0.15) is 46.0 Å². The first-order valence-corrected chi connectivity index (χ1v) is 8.80. The Morgan fingerprint density at radius 2 is 1.89 bits per heavy atom. The monoisotopic (exact) mass is 291 g/mol. The Morgan fingerprint density at radius 3 is 2.47 bits per heavy atom. The second-order valence-corrected chi connectivity index (χ2v) is 7.65. The third kappa shape index (κ3) is 6.70. The largest absolute Gasteiger partial charge is 0.314 e. The summed E-state index contributed by atoms with van der Waals surface area (Å²) in [5.74, 6) is 0.533. The van der Waals surface area contributed by atoms with E-state index < -0.39 is 10.2 Å². The molecule has 114 valence electrons. The summed E-state index contributed by atoms with van der Waals surface area (Å²) in [6.45, 7) is 6.17. The highest BCUT2D eigenvalue weighted by atomic mass is 32.2. The lowest BCUT2D eigenvalue weighted by Gasteiger charge is -2.19. The Bertz CT molecular complexity index is 338. The molecule has 5 nitrogen and oxygen atoms in total. The summed E-state index contributed by atoms with van der Waals surface area (Å²) in [6, 6.07) is 0.447. The highest BCUT2D eigenvalue weighted by Gasteiger charge is 2.21. The molecule has 0 aromatic carbocycles. The molecule has 1 rings (SSSR count). The lowest BCUT2D eigenvalue weighted by molar-refractivity contribution is 0.430. The van der Waals surface area contributed by atoms with E-state index in [1.54, 1.807) is 7.05 Å². The maximum atomic E-state index is 12.0. The zero-order valence-electron chi connectivity index (χ0n) is 12.5. The van der Waals surface area contributed by atoms with Crippen LogP contribution in [0.15, 0.2) is 0 Å². The molecule has 0 unspecified atom stereocenters. The van der Waals surface area contributed by atoms with Crippen LogP contribution in [0, 0.1) is 5.92 Å². The average Bonchev–Trinajstić information content (AvgIpc) is 2.84. The van der Waals surface area contributed by atoms with Crippen LogP contribution in [0.5, 0.6) is 0 Å². The van der Waals surface area contributed by atoms with Gasteiger partial charge in [0.25, 0.3) is 10.2 Å². The zero-order valence-corrected chi connectivity index (χ0v) is 13.3. The Labute approximate surface area is 118 Å². The molecule has 1 aliphatic rings. The fraction of sp³-hybridized carbons (Fsp3) is 1.00. The van der Waals surface area contributed by atoms with Gasteiger partial charge in [-0.3, -0.25) is 0 Å². The van der Waals surface area contributed by atoms with Crippen LogP contribution in [0.4, 0.5) is 0 Å². The van der Waals surface area contributed by atoms with Crippen molar-refractivity contribution in [1.29, 1.82) is 0 Å². The molecule has 1 saturated carbocycles. The second kappa shape index (κ2) is 8.19. The van der Waals surface area contributed by atoms with E-state index in [9.17, 15) is 8.42 Å². The molecule has 0 saturated heterocycles. The van der Waals surface area contributed by atoms with Crippen LogP contribution in [0.2, 0.25) is 0 Å². The van der Waals surface area contributed by atoms with Gasteiger partial charge in [-0.05, 0) is 31.7 Å². The summed E-state index contributed by atoms with van der Waals surface area (Å²) < 4.78 is 28.2. The summed E-state index contributed by atoms with van der Waals surface area (Å²) in [7, 11) is -1.65. The molecule has 0 spiro atoms. The van der Waals surface area contributed by atoms with Crippen LogP contribution in [-0.4, -0.2) is 45.4 Å². The highest BCUT2D eigenvalue weighted by Crippen LogP contribution is 2.23. The lowest BCUT2D eigenvalue weighted by Crippen LogP contribution is -2.41. The molecule has 0 aliphatic heterocycles. The Balaban J connectivity index is 2.22. The minimum Gasteiger partial charge on any atom is -0.314 e. The topological polar surface area (TPSA) is 61.4 Å². The van der Waals surface area contributed by atoms with Gasteiger partial charge >= 0.3 is 0 Å². The minimum atomic E-state index is -3.29. The maximum Gasteiger partial charge on any atom is 0.279 e. The van der Waals surface area contributed by atoms with Crippen LogP contribution in [0.3, 0.4) is 0 Å². The maximum absolute atomic E-state index is 12.0. The van der Waals surface area contributed by atoms with E-state index in [0.29, 0.717) is 25.0 Å². The van der Waals surface area contributed by atoms with Crippen LogP contribution >= 0.6 is 0 Å². The van der Waals surface area contributed by atoms with Crippen LogP contribution in [-0.2, 0) is 10.2 Å². The number of hydrogen-bond acceptors (Lipinski definition) is 3. The van der Waals surface area contributed by atoms with Crippen molar-refractivity contribution in [2.45, 2.75) is 52.0 Å². The molecule has 0 amide bonds. The van der Waals surface area contributed by atoms with Crippen molar-refractivity contribution in [3.05, 3.63) is 0 Å². The third-order valence-electron chi connectivity index (χ3n) is 3.64. The molecule has 19 heavy (non-hydrogen) atoms. The summed E-state index contributed by atoms with van der Waals surface area (Å²) in [5, 5.41) is 3.29. The van der Waals surface area contributed by atoms with E-state index in [1.807, 2.05) is 0 Å². The van der Waals surface area contributed by atoms with Crippen molar-refractivity contribution in [3.8, 4) is 0 Å². The fourth-order valence-corrected chi connectivity index (χ4v) is 3.40. The molecule has 1 aliphatic carbocycles. The Hall–Kier alpha value is -0.170.